The number of aromatic nitrogens is 4. The maximum Gasteiger partial charge on any atom is 0.277 e. The Kier molecular flexibility index (Phi) is 5.20. The van der Waals surface area contributed by atoms with Gasteiger partial charge in [0.15, 0.2) is 37.2 Å². The number of nitrogens with zero attached hydrogens (tertiary/aromatic N) is 4. The molecule has 0 bridgehead atoms. The summed E-state index contributed by atoms with van der Waals surface area (Å²) in [6.07, 6.45) is 12.5. The first kappa shape index (κ1) is 18.0. The molecule has 0 saturated heterocycles. The summed E-state index contributed by atoms with van der Waals surface area (Å²) in [6.45, 7) is 2.13. The van der Waals surface area contributed by atoms with Crippen molar-refractivity contribution in [1.82, 2.24) is 0 Å². The van der Waals surface area contributed by atoms with Crippen LogP contribution in [0.5, 0.6) is 0 Å². The summed E-state index contributed by atoms with van der Waals surface area (Å²) < 4.78 is 8.67. The van der Waals surface area contributed by atoms with E-state index in [1.165, 1.54) is 22.5 Å². The minimum atomic E-state index is 1.07. The molecule has 4 aromatic heterocycles. The molecule has 5 rings (SSSR count). The van der Waals surface area contributed by atoms with Crippen molar-refractivity contribution in [1.29, 1.82) is 0 Å². The Labute approximate surface area is 166 Å². The van der Waals surface area contributed by atoms with Gasteiger partial charge >= 0.3 is 0 Å². The molecule has 0 unspecified atom stereocenters. The maximum atomic E-state index is 2.30. The van der Waals surface area contributed by atoms with Crippen LogP contribution in [0.15, 0.2) is 97.8 Å². The fourth-order valence-electron chi connectivity index (χ4n) is 3.41. The first-order chi connectivity index (χ1) is 13.7. The number of hydrogen-bond acceptors (Lipinski definition) is 0. The maximum absolute atomic E-state index is 2.30. The van der Waals surface area contributed by atoms with Crippen LogP contribution in [0.3, 0.4) is 0 Å². The number of hydrogen-bond donors (Lipinski definition) is 0. The lowest BCUT2D eigenvalue weighted by molar-refractivity contribution is -0.794. The van der Waals surface area contributed by atoms with Gasteiger partial charge in [0, 0.05) is 48.5 Å². The average molecular weight is 371 g/mol. The highest BCUT2D eigenvalue weighted by Crippen LogP contribution is 2.15. The summed E-state index contributed by atoms with van der Waals surface area (Å²) >= 11 is 0. The van der Waals surface area contributed by atoms with E-state index in [2.05, 4.69) is 107 Å². The molecule has 4 nitrogen and oxygen atoms in total. The van der Waals surface area contributed by atoms with Crippen LogP contribution < -0.4 is 18.3 Å². The summed E-state index contributed by atoms with van der Waals surface area (Å²) in [5, 5.41) is 0. The minimum Gasteiger partial charge on any atom is -0.208 e. The van der Waals surface area contributed by atoms with Crippen LogP contribution in [0.1, 0.15) is 0 Å². The van der Waals surface area contributed by atoms with Crippen molar-refractivity contribution in [3.63, 3.8) is 0 Å². The molecule has 1 aliphatic heterocycles. The molecule has 0 aliphatic carbocycles. The molecular formula is C24H26N4+4. The van der Waals surface area contributed by atoms with Crippen molar-refractivity contribution in [2.45, 2.75) is 13.1 Å². The molecule has 4 aromatic rings. The number of aryl methyl sites for hydroxylation is 4. The first-order valence-electron chi connectivity index (χ1n) is 9.59. The Bertz CT molecular complexity index is 981. The first-order valence-corrected chi connectivity index (χ1v) is 9.59. The van der Waals surface area contributed by atoms with Crippen LogP contribution in [0, 0.1) is 0 Å². The van der Waals surface area contributed by atoms with Gasteiger partial charge in [-0.1, -0.05) is 0 Å². The third kappa shape index (κ3) is 3.96. The molecule has 0 spiro atoms. The predicted octanol–water partition coefficient (Wildman–Crippen LogP) is 1.94. The zero-order valence-electron chi connectivity index (χ0n) is 16.4. The lowest BCUT2D eigenvalue weighted by atomic mass is 10.1. The highest BCUT2D eigenvalue weighted by Gasteiger charge is 2.27. The van der Waals surface area contributed by atoms with E-state index in [0.717, 1.165) is 13.1 Å². The molecular weight excluding hydrogens is 344 g/mol. The zero-order chi connectivity index (χ0) is 19.3. The third-order valence-corrected chi connectivity index (χ3v) is 5.02. The van der Waals surface area contributed by atoms with E-state index in [1.54, 1.807) is 0 Å². The average Bonchev–Trinajstić information content (AvgIpc) is 2.75. The van der Waals surface area contributed by atoms with Gasteiger partial charge in [-0.15, -0.1) is 0 Å². The topological polar surface area (TPSA) is 15.5 Å². The van der Waals surface area contributed by atoms with Crippen LogP contribution in [-0.2, 0) is 27.2 Å². The zero-order valence-corrected chi connectivity index (χ0v) is 16.4. The molecule has 4 heteroatoms. The second-order valence-electron chi connectivity index (χ2n) is 7.06. The molecule has 1 aliphatic rings. The molecule has 138 valence electrons. The van der Waals surface area contributed by atoms with Gasteiger partial charge in [0.2, 0.25) is 13.1 Å². The monoisotopic (exact) mass is 370 g/mol. The van der Waals surface area contributed by atoms with Crippen LogP contribution in [0.2, 0.25) is 0 Å². The number of fused-ring (bicyclic) bond motifs is 3. The van der Waals surface area contributed by atoms with E-state index < -0.39 is 0 Å². The van der Waals surface area contributed by atoms with Gasteiger partial charge in [0.1, 0.15) is 14.1 Å². The van der Waals surface area contributed by atoms with E-state index in [9.17, 15) is 0 Å². The molecule has 0 N–H and O–H groups in total. The molecule has 0 amide bonds. The van der Waals surface area contributed by atoms with E-state index in [4.69, 9.17) is 0 Å². The van der Waals surface area contributed by atoms with Crippen molar-refractivity contribution >= 4 is 0 Å². The molecule has 0 atom stereocenters. The van der Waals surface area contributed by atoms with Crippen molar-refractivity contribution in [2.24, 2.45) is 14.1 Å². The molecule has 0 saturated carbocycles. The standard InChI is InChI=1S/C12H12N2.C12H14N2/c1-3-7-13-9-10-14-8-4-2-6-12(14)11(13)5-1;1-13-7-3-11(4-8-13)12-5-9-14(2)10-6-12/h1-8H,9-10H2;3-10H,1-2H3/q2*+2. The van der Waals surface area contributed by atoms with Gasteiger partial charge in [0.25, 0.3) is 11.4 Å². The van der Waals surface area contributed by atoms with Gasteiger partial charge < -0.3 is 0 Å². The molecule has 5 heterocycles. The van der Waals surface area contributed by atoms with E-state index in [-0.39, 0.29) is 0 Å². The fourth-order valence-corrected chi connectivity index (χ4v) is 3.41. The third-order valence-electron chi connectivity index (χ3n) is 5.02. The SMILES string of the molecule is C[n+]1ccc(-c2cc[n+](C)cc2)cc1.c1cc[n+]2c(c1)-c1cccc[n+]1CC2. The second kappa shape index (κ2) is 8.09. The van der Waals surface area contributed by atoms with E-state index in [0.29, 0.717) is 0 Å². The smallest absolute Gasteiger partial charge is 0.208 e. The number of pyridine rings is 4. The Hall–Kier alpha value is -3.40. The normalized spacial score (nSPS) is 11.6. The molecule has 0 fully saturated rings. The molecule has 0 radical (unpaired) electrons. The van der Waals surface area contributed by atoms with Gasteiger partial charge in [-0.05, 0) is 23.3 Å². The molecule has 28 heavy (non-hydrogen) atoms. The minimum absolute atomic E-state index is 1.07. The van der Waals surface area contributed by atoms with Crippen LogP contribution >= 0.6 is 0 Å². The van der Waals surface area contributed by atoms with Crippen molar-refractivity contribution in [2.75, 3.05) is 0 Å². The van der Waals surface area contributed by atoms with Crippen molar-refractivity contribution < 1.29 is 18.3 Å². The quantitative estimate of drug-likeness (QED) is 0.455. The van der Waals surface area contributed by atoms with Crippen LogP contribution in [0.4, 0.5) is 0 Å². The summed E-state index contributed by atoms with van der Waals surface area (Å²) in [5.74, 6) is 0. The Morgan fingerprint density at radius 2 is 0.893 bits per heavy atom. The summed E-state index contributed by atoms with van der Waals surface area (Å²) in [7, 11) is 4.05. The van der Waals surface area contributed by atoms with Crippen molar-refractivity contribution in [3.05, 3.63) is 97.8 Å². The van der Waals surface area contributed by atoms with Crippen LogP contribution in [0.25, 0.3) is 22.5 Å². The van der Waals surface area contributed by atoms with Gasteiger partial charge in [-0.25, -0.2) is 9.13 Å². The Morgan fingerprint density at radius 3 is 1.29 bits per heavy atom. The summed E-state index contributed by atoms with van der Waals surface area (Å²) in [5.41, 5.74) is 5.12. The lowest BCUT2D eigenvalue weighted by Gasteiger charge is -2.08. The highest BCUT2D eigenvalue weighted by molar-refractivity contribution is 5.60. The second-order valence-corrected chi connectivity index (χ2v) is 7.06. The summed E-state index contributed by atoms with van der Waals surface area (Å²) in [6, 6.07) is 21.2. The van der Waals surface area contributed by atoms with Gasteiger partial charge in [-0.3, -0.25) is 0 Å². The van der Waals surface area contributed by atoms with Gasteiger partial charge in [-0.2, -0.15) is 9.13 Å². The largest absolute Gasteiger partial charge is 0.277 e. The fraction of sp³-hybridized carbons (Fsp3) is 0.167. The van der Waals surface area contributed by atoms with Gasteiger partial charge in [0.05, 0.1) is 0 Å². The summed E-state index contributed by atoms with van der Waals surface area (Å²) in [4.78, 5) is 0. The molecule has 0 aromatic carbocycles. The number of rotatable bonds is 1. The Balaban J connectivity index is 0.000000137. The van der Waals surface area contributed by atoms with Crippen molar-refractivity contribution in [3.8, 4) is 22.5 Å². The highest BCUT2D eigenvalue weighted by atomic mass is 15.1. The Morgan fingerprint density at radius 1 is 0.500 bits per heavy atom. The predicted molar refractivity (Wildman–Crippen MR) is 106 cm³/mol. The van der Waals surface area contributed by atoms with E-state index >= 15 is 0 Å². The van der Waals surface area contributed by atoms with E-state index in [1.807, 2.05) is 23.2 Å². The lowest BCUT2D eigenvalue weighted by Crippen LogP contribution is -2.52. The van der Waals surface area contributed by atoms with Crippen LogP contribution in [-0.4, -0.2) is 0 Å².